The number of aromatic hydroxyl groups is 3. The number of aliphatic hydroxyl groups excluding tert-OH is 1. The Morgan fingerprint density at radius 3 is 2.55 bits per heavy atom. The number of rotatable bonds is 6. The summed E-state index contributed by atoms with van der Waals surface area (Å²) in [4.78, 5) is 0. The second-order valence-corrected chi connectivity index (χ2v) is 22.5. The molecule has 5 heterocycles. The van der Waals surface area contributed by atoms with Crippen LogP contribution in [-0.2, 0) is 47.2 Å². The molecule has 7 N–H and O–H groups in total. The molecule has 5 aromatic carbocycles. The van der Waals surface area contributed by atoms with Crippen LogP contribution in [0.1, 0.15) is 128 Å². The molecule has 6 aromatic rings. The summed E-state index contributed by atoms with van der Waals surface area (Å²) in [5.74, 6) is 9.55. The monoisotopic (exact) mass is 1010 g/mol. The summed E-state index contributed by atoms with van der Waals surface area (Å²) in [6, 6.07) is 32.6. The number of aryl methyl sites for hydroxylation is 3. The number of aromatic nitrogens is 1. The quantitative estimate of drug-likeness (QED) is 0.0896. The van der Waals surface area contributed by atoms with Crippen LogP contribution in [-0.4, -0.2) is 62.2 Å². The number of hydrogen-bond acceptors (Lipinski definition) is 9. The van der Waals surface area contributed by atoms with Crippen LogP contribution < -0.4 is 15.8 Å². The van der Waals surface area contributed by atoms with E-state index in [1.807, 2.05) is 36.4 Å². The maximum atomic E-state index is 11.7. The predicted octanol–water partition coefficient (Wildman–Crippen LogP) is 11.4. The maximum Gasteiger partial charge on any atom is 0.161 e. The van der Waals surface area contributed by atoms with Crippen molar-refractivity contribution >= 4 is 16.6 Å². The first-order valence-corrected chi connectivity index (χ1v) is 27.8. The van der Waals surface area contributed by atoms with E-state index in [4.69, 9.17) is 19.9 Å². The second-order valence-electron chi connectivity index (χ2n) is 22.5. The van der Waals surface area contributed by atoms with Crippen molar-refractivity contribution in [2.24, 2.45) is 17.6 Å². The number of nitrogens with two attached hydrogens (primary N) is 1. The van der Waals surface area contributed by atoms with Gasteiger partial charge in [-0.2, -0.15) is 0 Å². The van der Waals surface area contributed by atoms with Gasteiger partial charge in [0.1, 0.15) is 23.9 Å². The molecule has 0 radical (unpaired) electrons. The van der Waals surface area contributed by atoms with Crippen molar-refractivity contribution < 1.29 is 34.6 Å². The minimum absolute atomic E-state index is 0.0696. The molecule has 2 aliphatic carbocycles. The van der Waals surface area contributed by atoms with E-state index in [0.29, 0.717) is 44.0 Å². The highest BCUT2D eigenvalue weighted by molar-refractivity contribution is 5.88. The van der Waals surface area contributed by atoms with Crippen LogP contribution in [0.4, 0.5) is 0 Å². The lowest BCUT2D eigenvalue weighted by Crippen LogP contribution is -2.59. The molecule has 12 rings (SSSR count). The van der Waals surface area contributed by atoms with Crippen LogP contribution in [0, 0.1) is 23.7 Å². The van der Waals surface area contributed by atoms with Crippen molar-refractivity contribution in [3.63, 3.8) is 0 Å². The number of hydrogen-bond donors (Lipinski definition) is 6. The van der Waals surface area contributed by atoms with Gasteiger partial charge in [0.05, 0.1) is 30.6 Å². The highest BCUT2D eigenvalue weighted by atomic mass is 16.5. The summed E-state index contributed by atoms with van der Waals surface area (Å²) in [6.45, 7) is 1.23. The fraction of sp³-hybridized carbons (Fsp3) is 0.415. The molecule has 0 amide bonds. The van der Waals surface area contributed by atoms with E-state index in [0.717, 1.165) is 120 Å². The Morgan fingerprint density at radius 1 is 0.773 bits per heavy atom. The number of phenolic OH excluding ortho intramolecular Hbond substituents is 3. The van der Waals surface area contributed by atoms with Crippen molar-refractivity contribution in [2.45, 2.75) is 145 Å². The zero-order valence-corrected chi connectivity index (χ0v) is 43.0. The van der Waals surface area contributed by atoms with Crippen LogP contribution >= 0.6 is 0 Å². The molecule has 1 saturated heterocycles. The first kappa shape index (κ1) is 49.4. The normalized spacial score (nSPS) is 25.6. The zero-order valence-electron chi connectivity index (χ0n) is 43.0. The number of phenols is 3. The van der Waals surface area contributed by atoms with Crippen molar-refractivity contribution in [1.82, 2.24) is 9.88 Å². The van der Waals surface area contributed by atoms with Gasteiger partial charge in [-0.1, -0.05) is 91.8 Å². The van der Waals surface area contributed by atoms with Gasteiger partial charge in [-0.05, 0) is 170 Å². The summed E-state index contributed by atoms with van der Waals surface area (Å²) >= 11 is 0. The van der Waals surface area contributed by atoms with Crippen LogP contribution in [0.25, 0.3) is 16.6 Å². The van der Waals surface area contributed by atoms with Crippen LogP contribution in [0.2, 0.25) is 0 Å². The summed E-state index contributed by atoms with van der Waals surface area (Å²) in [5, 5.41) is 49.7. The standard InChI is InChI=1S/C65H71N3O7/c66-62-36-47-20-16-42(14-15-43-18-23-58(71)48(30-43)31-45-9-6-11-52(69)32-45)8-7-12-54-37-53(70)22-17-44-19-24-59(72)60(33-44)74-40-50-35-51(34-49-38-68(39-55(49)50)63(67-62)56(47)41-73-54)65-28-29-75-64(26-4-1-5-27-64)61(65)25-21-46-10-2-3-13-57(46)65/h2-3,6,9-11,13,18-19,23-24,30,32-36,38-39,42,53-54,61-62,67,69-72H,1,4-5,7-8,12,14-15,17,21-22,25-29,31,37,40-41,66H2. The van der Waals surface area contributed by atoms with Gasteiger partial charge in [-0.25, -0.2) is 0 Å². The number of dihydropyridines is 1. The molecule has 10 heteroatoms. The molecule has 6 atom stereocenters. The van der Waals surface area contributed by atoms with Gasteiger partial charge in [0.2, 0.25) is 0 Å². The smallest absolute Gasteiger partial charge is 0.161 e. The number of aliphatic hydroxyl groups is 1. The molecule has 6 bridgehead atoms. The molecule has 388 valence electrons. The summed E-state index contributed by atoms with van der Waals surface area (Å²) in [6.07, 6.45) is 20.2. The number of nitrogens with zero attached hydrogens (tertiary/aromatic N) is 1. The first-order chi connectivity index (χ1) is 36.6. The maximum absolute atomic E-state index is 11.7. The third-order valence-corrected chi connectivity index (χ3v) is 17.8. The third kappa shape index (κ3) is 9.97. The Bertz CT molecular complexity index is 3220. The molecular weight excluding hydrogens is 935 g/mol. The summed E-state index contributed by atoms with van der Waals surface area (Å²) in [7, 11) is 0. The lowest BCUT2D eigenvalue weighted by molar-refractivity contribution is -0.166. The molecule has 6 unspecified atom stereocenters. The van der Waals surface area contributed by atoms with Gasteiger partial charge in [0.15, 0.2) is 11.5 Å². The van der Waals surface area contributed by atoms with E-state index in [9.17, 15) is 20.4 Å². The molecule has 75 heavy (non-hydrogen) atoms. The Balaban J connectivity index is 0.957. The fourth-order valence-electron chi connectivity index (χ4n) is 14.0. The highest BCUT2D eigenvalue weighted by Gasteiger charge is 2.58. The van der Waals surface area contributed by atoms with Gasteiger partial charge in [0.25, 0.3) is 0 Å². The number of nitrogens with one attached hydrogen (secondary N) is 1. The SMILES string of the molecule is NC1C=C2C#CC(CCc3ccc(O)c(Cc4cccc(O)c4)c3)CCCC3CC(O)CCc4ccc(O)c(c4)OCc4cc(C56CCOC7(CCCCC7)C5CCc5ccccc56)cc5cn(cc45)C(=C2CO3)N1. The van der Waals surface area contributed by atoms with E-state index in [-0.39, 0.29) is 53.5 Å². The van der Waals surface area contributed by atoms with E-state index in [1.54, 1.807) is 24.3 Å². The molecule has 1 spiro atoms. The molecule has 10 nitrogen and oxygen atoms in total. The Morgan fingerprint density at radius 2 is 1.65 bits per heavy atom. The van der Waals surface area contributed by atoms with E-state index >= 15 is 0 Å². The van der Waals surface area contributed by atoms with Crippen LogP contribution in [0.5, 0.6) is 23.0 Å². The lowest BCUT2D eigenvalue weighted by Gasteiger charge is -2.59. The van der Waals surface area contributed by atoms with Crippen molar-refractivity contribution in [3.8, 4) is 34.8 Å². The molecule has 4 aliphatic heterocycles. The summed E-state index contributed by atoms with van der Waals surface area (Å²) in [5.41, 5.74) is 17.3. The van der Waals surface area contributed by atoms with Crippen molar-refractivity contribution in [1.29, 1.82) is 0 Å². The molecule has 6 aliphatic rings. The molecule has 2 fully saturated rings. The van der Waals surface area contributed by atoms with E-state index in [2.05, 4.69) is 76.6 Å². The highest BCUT2D eigenvalue weighted by Crippen LogP contribution is 2.59. The third-order valence-electron chi connectivity index (χ3n) is 17.8. The Hall–Kier alpha value is -6.48. The van der Waals surface area contributed by atoms with E-state index in [1.165, 1.54) is 36.0 Å². The number of ether oxygens (including phenoxy) is 3. The molecule has 1 aromatic heterocycles. The minimum atomic E-state index is -0.608. The van der Waals surface area contributed by atoms with Gasteiger partial charge in [-0.15, -0.1) is 0 Å². The van der Waals surface area contributed by atoms with Gasteiger partial charge >= 0.3 is 0 Å². The second kappa shape index (κ2) is 20.9. The van der Waals surface area contributed by atoms with Gasteiger partial charge < -0.3 is 50.3 Å². The average molecular weight is 1010 g/mol. The number of benzene rings is 5. The van der Waals surface area contributed by atoms with Crippen LogP contribution in [0.3, 0.4) is 0 Å². The van der Waals surface area contributed by atoms with E-state index < -0.39 is 12.3 Å². The Labute approximate surface area is 441 Å². The first-order valence-electron chi connectivity index (χ1n) is 27.8. The average Bonchev–Trinajstić information content (AvgIpc) is 3.85. The topological polar surface area (TPSA) is 152 Å². The Kier molecular flexibility index (Phi) is 13.8. The van der Waals surface area contributed by atoms with Crippen molar-refractivity contribution in [3.05, 3.63) is 171 Å². The van der Waals surface area contributed by atoms with Crippen molar-refractivity contribution in [2.75, 3.05) is 13.2 Å². The fourth-order valence-corrected chi connectivity index (χ4v) is 14.0. The minimum Gasteiger partial charge on any atom is -0.508 e. The zero-order chi connectivity index (χ0) is 51.1. The van der Waals surface area contributed by atoms with Gasteiger partial charge in [-0.3, -0.25) is 0 Å². The molecule has 1 saturated carbocycles. The molecular formula is C65H71N3O7. The predicted molar refractivity (Wildman–Crippen MR) is 293 cm³/mol. The van der Waals surface area contributed by atoms with Gasteiger partial charge in [0, 0.05) is 64.6 Å². The largest absolute Gasteiger partial charge is 0.508 e. The lowest BCUT2D eigenvalue weighted by atomic mass is 9.51. The van der Waals surface area contributed by atoms with Crippen LogP contribution in [0.15, 0.2) is 127 Å². The number of fused-ring (bicyclic) bond motifs is 10. The summed E-state index contributed by atoms with van der Waals surface area (Å²) < 4.78 is 22.9.